The van der Waals surface area contributed by atoms with Crippen molar-refractivity contribution in [2.45, 2.75) is 32.4 Å². The molecule has 0 spiro atoms. The van der Waals surface area contributed by atoms with E-state index in [0.29, 0.717) is 0 Å². The predicted octanol–water partition coefficient (Wildman–Crippen LogP) is 3.89. The van der Waals surface area contributed by atoms with Gasteiger partial charge in [0.15, 0.2) is 0 Å². The number of hydrogen-bond donors (Lipinski definition) is 2. The van der Waals surface area contributed by atoms with Gasteiger partial charge in [-0.1, -0.05) is 66.6 Å². The first-order valence-electron chi connectivity index (χ1n) is 7.22. The molecule has 0 radical (unpaired) electrons. The Morgan fingerprint density at radius 3 is 2.33 bits per heavy atom. The molecule has 0 aliphatic carbocycles. The third-order valence-corrected chi connectivity index (χ3v) is 4.31. The van der Waals surface area contributed by atoms with Crippen LogP contribution in [0.2, 0.25) is 5.02 Å². The van der Waals surface area contributed by atoms with Crippen molar-refractivity contribution in [3.63, 3.8) is 0 Å². The van der Waals surface area contributed by atoms with Gasteiger partial charge in [-0.25, -0.2) is 0 Å². The molecule has 3 N–H and O–H groups in total. The fourth-order valence-electron chi connectivity index (χ4n) is 2.44. The maximum absolute atomic E-state index is 10.4. The fourth-order valence-corrected chi connectivity index (χ4v) is 2.66. The van der Waals surface area contributed by atoms with Gasteiger partial charge in [0.2, 0.25) is 0 Å². The van der Waals surface area contributed by atoms with Crippen LogP contribution in [-0.4, -0.2) is 11.1 Å². The number of aliphatic hydroxyl groups is 1. The number of halogens is 1. The number of aliphatic hydroxyl groups excluding tert-OH is 1. The Morgan fingerprint density at radius 2 is 1.71 bits per heavy atom. The number of benzene rings is 2. The van der Waals surface area contributed by atoms with E-state index in [9.17, 15) is 5.11 Å². The predicted molar refractivity (Wildman–Crippen MR) is 88.4 cm³/mol. The van der Waals surface area contributed by atoms with Crippen molar-refractivity contribution in [2.75, 3.05) is 0 Å². The van der Waals surface area contributed by atoms with Crippen molar-refractivity contribution >= 4 is 11.6 Å². The van der Waals surface area contributed by atoms with Crippen LogP contribution in [0.25, 0.3) is 0 Å². The molecule has 0 aromatic heterocycles. The Morgan fingerprint density at radius 1 is 1.10 bits per heavy atom. The van der Waals surface area contributed by atoms with E-state index >= 15 is 0 Å². The highest BCUT2D eigenvalue weighted by atomic mass is 35.5. The summed E-state index contributed by atoms with van der Waals surface area (Å²) in [5, 5.41) is 11.2. The van der Waals surface area contributed by atoms with Crippen molar-refractivity contribution < 1.29 is 5.11 Å². The molecular formula is C18H22ClNO. The van der Waals surface area contributed by atoms with Gasteiger partial charge < -0.3 is 10.8 Å². The third-order valence-electron chi connectivity index (χ3n) is 3.94. The van der Waals surface area contributed by atoms with Gasteiger partial charge in [-0.2, -0.15) is 0 Å². The number of nitrogens with two attached hydrogens (primary N) is 1. The van der Waals surface area contributed by atoms with E-state index in [1.807, 2.05) is 62.4 Å². The molecule has 2 rings (SSSR count). The SMILES string of the molecule is Cc1ccc([C@@H](O)[C@H](N)C(C)Cc2ccccc2Cl)cc1. The molecule has 3 atom stereocenters. The summed E-state index contributed by atoms with van der Waals surface area (Å²) < 4.78 is 0. The van der Waals surface area contributed by atoms with Crippen LogP contribution < -0.4 is 5.73 Å². The minimum Gasteiger partial charge on any atom is -0.387 e. The van der Waals surface area contributed by atoms with E-state index in [1.165, 1.54) is 5.56 Å². The maximum atomic E-state index is 10.4. The fraction of sp³-hybridized carbons (Fsp3) is 0.333. The first-order chi connectivity index (χ1) is 9.99. The van der Waals surface area contributed by atoms with Crippen molar-refractivity contribution in [1.82, 2.24) is 0 Å². The van der Waals surface area contributed by atoms with Gasteiger partial charge in [0.25, 0.3) is 0 Å². The first kappa shape index (κ1) is 16.0. The van der Waals surface area contributed by atoms with Gasteiger partial charge in [-0.05, 0) is 36.5 Å². The monoisotopic (exact) mass is 303 g/mol. The Labute approximate surface area is 131 Å². The maximum Gasteiger partial charge on any atom is 0.0943 e. The molecule has 3 heteroatoms. The zero-order chi connectivity index (χ0) is 15.4. The summed E-state index contributed by atoms with van der Waals surface area (Å²) >= 11 is 6.18. The lowest BCUT2D eigenvalue weighted by Gasteiger charge is -2.25. The molecular weight excluding hydrogens is 282 g/mol. The van der Waals surface area contributed by atoms with E-state index < -0.39 is 6.10 Å². The van der Waals surface area contributed by atoms with Crippen LogP contribution in [-0.2, 0) is 6.42 Å². The standard InChI is InChI=1S/C18H22ClNO/c1-12-7-9-14(10-8-12)18(21)17(20)13(2)11-15-5-3-4-6-16(15)19/h3-10,13,17-18,21H,11,20H2,1-2H3/t13?,17-,18-/m1/s1. The minimum absolute atomic E-state index is 0.126. The summed E-state index contributed by atoms with van der Waals surface area (Å²) in [6.45, 7) is 4.07. The molecule has 0 fully saturated rings. The van der Waals surface area contributed by atoms with Gasteiger partial charge in [0, 0.05) is 11.1 Å². The van der Waals surface area contributed by atoms with E-state index in [-0.39, 0.29) is 12.0 Å². The van der Waals surface area contributed by atoms with E-state index in [4.69, 9.17) is 17.3 Å². The van der Waals surface area contributed by atoms with Crippen molar-refractivity contribution in [1.29, 1.82) is 0 Å². The van der Waals surface area contributed by atoms with Crippen LogP contribution in [0.5, 0.6) is 0 Å². The molecule has 2 nitrogen and oxygen atoms in total. The molecule has 0 saturated carbocycles. The molecule has 2 aromatic rings. The Kier molecular flexibility index (Phi) is 5.40. The molecule has 1 unspecified atom stereocenters. The molecule has 0 bridgehead atoms. The average Bonchev–Trinajstić information content (AvgIpc) is 2.49. The molecule has 0 saturated heterocycles. The summed E-state index contributed by atoms with van der Waals surface area (Å²) in [6.07, 6.45) is 0.0899. The summed E-state index contributed by atoms with van der Waals surface area (Å²) in [4.78, 5) is 0. The lowest BCUT2D eigenvalue weighted by Crippen LogP contribution is -2.36. The lowest BCUT2D eigenvalue weighted by atomic mass is 9.88. The Hall–Kier alpha value is -1.35. The third kappa shape index (κ3) is 4.07. The van der Waals surface area contributed by atoms with Crippen LogP contribution in [0, 0.1) is 12.8 Å². The van der Waals surface area contributed by atoms with Crippen molar-refractivity contribution in [3.8, 4) is 0 Å². The summed E-state index contributed by atoms with van der Waals surface area (Å²) in [5.74, 6) is 0.126. The number of aryl methyl sites for hydroxylation is 1. The molecule has 21 heavy (non-hydrogen) atoms. The lowest BCUT2D eigenvalue weighted by molar-refractivity contribution is 0.121. The topological polar surface area (TPSA) is 46.2 Å². The molecule has 0 aliphatic heterocycles. The van der Waals surface area contributed by atoms with Crippen molar-refractivity contribution in [3.05, 3.63) is 70.2 Å². The summed E-state index contributed by atoms with van der Waals surface area (Å²) in [7, 11) is 0. The van der Waals surface area contributed by atoms with Crippen LogP contribution in [0.3, 0.4) is 0 Å². The average molecular weight is 304 g/mol. The highest BCUT2D eigenvalue weighted by Crippen LogP contribution is 2.25. The molecule has 2 aromatic carbocycles. The first-order valence-corrected chi connectivity index (χ1v) is 7.60. The van der Waals surface area contributed by atoms with Gasteiger partial charge >= 0.3 is 0 Å². The number of hydrogen-bond acceptors (Lipinski definition) is 2. The van der Waals surface area contributed by atoms with Crippen LogP contribution in [0.1, 0.15) is 29.7 Å². The van der Waals surface area contributed by atoms with Crippen molar-refractivity contribution in [2.24, 2.45) is 11.7 Å². The van der Waals surface area contributed by atoms with Crippen LogP contribution in [0.4, 0.5) is 0 Å². The zero-order valence-corrected chi connectivity index (χ0v) is 13.2. The molecule has 0 aliphatic rings. The number of rotatable bonds is 5. The Balaban J connectivity index is 2.06. The minimum atomic E-state index is -0.664. The molecule has 112 valence electrons. The highest BCUT2D eigenvalue weighted by Gasteiger charge is 2.23. The zero-order valence-electron chi connectivity index (χ0n) is 12.5. The smallest absolute Gasteiger partial charge is 0.0943 e. The van der Waals surface area contributed by atoms with Crippen LogP contribution >= 0.6 is 11.6 Å². The summed E-state index contributed by atoms with van der Waals surface area (Å²) in [5.41, 5.74) is 9.33. The quantitative estimate of drug-likeness (QED) is 0.880. The second-order valence-electron chi connectivity index (χ2n) is 5.71. The molecule has 0 amide bonds. The van der Waals surface area contributed by atoms with E-state index in [1.54, 1.807) is 0 Å². The van der Waals surface area contributed by atoms with E-state index in [0.717, 1.165) is 22.6 Å². The Bertz CT molecular complexity index is 582. The van der Waals surface area contributed by atoms with E-state index in [2.05, 4.69) is 0 Å². The summed E-state index contributed by atoms with van der Waals surface area (Å²) in [6, 6.07) is 15.3. The molecule has 0 heterocycles. The second-order valence-corrected chi connectivity index (χ2v) is 6.11. The largest absolute Gasteiger partial charge is 0.387 e. The van der Waals surface area contributed by atoms with Gasteiger partial charge in [0.1, 0.15) is 0 Å². The van der Waals surface area contributed by atoms with Gasteiger partial charge in [0.05, 0.1) is 6.10 Å². The highest BCUT2D eigenvalue weighted by molar-refractivity contribution is 6.31. The van der Waals surface area contributed by atoms with Crippen LogP contribution in [0.15, 0.2) is 48.5 Å². The van der Waals surface area contributed by atoms with Gasteiger partial charge in [-0.15, -0.1) is 0 Å². The normalized spacial score (nSPS) is 15.5. The van der Waals surface area contributed by atoms with Gasteiger partial charge in [-0.3, -0.25) is 0 Å². The second kappa shape index (κ2) is 7.08.